The van der Waals surface area contributed by atoms with E-state index in [0.29, 0.717) is 13.0 Å². The number of ether oxygens (including phenoxy) is 1. The van der Waals surface area contributed by atoms with Gasteiger partial charge >= 0.3 is 0 Å². The normalized spacial score (nSPS) is 10.1. The first-order chi connectivity index (χ1) is 6.74. The third kappa shape index (κ3) is 3.26. The lowest BCUT2D eigenvalue weighted by Crippen LogP contribution is -2.02. The molecule has 0 spiro atoms. The van der Waals surface area contributed by atoms with Crippen LogP contribution in [-0.4, -0.2) is 24.5 Å². The predicted octanol–water partition coefficient (Wildman–Crippen LogP) is 2.00. The van der Waals surface area contributed by atoms with Crippen molar-refractivity contribution in [3.05, 3.63) is 29.6 Å². The zero-order chi connectivity index (χ0) is 10.4. The molecule has 3 nitrogen and oxygen atoms in total. The third-order valence-corrected chi connectivity index (χ3v) is 1.97. The first-order valence-corrected chi connectivity index (χ1v) is 4.69. The minimum absolute atomic E-state index is 0.160. The zero-order valence-electron chi connectivity index (χ0n) is 8.62. The van der Waals surface area contributed by atoms with Crippen molar-refractivity contribution in [1.82, 2.24) is 4.98 Å². The summed E-state index contributed by atoms with van der Waals surface area (Å²) in [5.41, 5.74) is 1.62. The predicted molar refractivity (Wildman–Crippen MR) is 54.4 cm³/mol. The molecule has 0 amide bonds. The number of pyridine rings is 1. The van der Waals surface area contributed by atoms with Gasteiger partial charge in [-0.05, 0) is 25.5 Å². The summed E-state index contributed by atoms with van der Waals surface area (Å²) in [7, 11) is 1.64. The van der Waals surface area contributed by atoms with Crippen LogP contribution in [0.2, 0.25) is 0 Å². The first kappa shape index (κ1) is 10.9. The van der Waals surface area contributed by atoms with Crippen molar-refractivity contribution >= 4 is 5.78 Å². The Bertz CT molecular complexity index is 310. The van der Waals surface area contributed by atoms with Gasteiger partial charge in [0.2, 0.25) is 0 Å². The molecule has 0 saturated heterocycles. The molecule has 0 radical (unpaired) electrons. The van der Waals surface area contributed by atoms with Gasteiger partial charge in [0.05, 0.1) is 0 Å². The van der Waals surface area contributed by atoms with Crippen LogP contribution in [0.25, 0.3) is 0 Å². The summed E-state index contributed by atoms with van der Waals surface area (Å²) in [6.45, 7) is 2.52. The van der Waals surface area contributed by atoms with Crippen LogP contribution < -0.4 is 0 Å². The summed E-state index contributed by atoms with van der Waals surface area (Å²) in [5.74, 6) is 0.160. The van der Waals surface area contributed by atoms with Crippen LogP contribution in [0, 0.1) is 6.92 Å². The molecule has 0 aliphatic rings. The average molecular weight is 193 g/mol. The fraction of sp³-hybridized carbons (Fsp3) is 0.455. The van der Waals surface area contributed by atoms with Gasteiger partial charge in [0, 0.05) is 37.6 Å². The Labute approximate surface area is 84.1 Å². The summed E-state index contributed by atoms with van der Waals surface area (Å²) in [6.07, 6.45) is 2.98. The molecular formula is C11H15NO2. The van der Waals surface area contributed by atoms with Crippen LogP contribution in [0.3, 0.4) is 0 Å². The standard InChI is InChI=1S/C11H15NO2/c1-9-8-10(5-6-12-9)11(13)4-3-7-14-2/h5-6,8H,3-4,7H2,1-2H3. The van der Waals surface area contributed by atoms with E-state index in [4.69, 9.17) is 4.74 Å². The lowest BCUT2D eigenvalue weighted by molar-refractivity contribution is 0.0963. The van der Waals surface area contributed by atoms with Gasteiger partial charge in [-0.25, -0.2) is 0 Å². The van der Waals surface area contributed by atoms with Crippen molar-refractivity contribution in [3.63, 3.8) is 0 Å². The first-order valence-electron chi connectivity index (χ1n) is 4.69. The maximum Gasteiger partial charge on any atom is 0.163 e. The Balaban J connectivity index is 2.52. The molecule has 0 unspecified atom stereocenters. The maximum atomic E-state index is 11.6. The molecule has 0 aromatic carbocycles. The molecule has 0 aliphatic carbocycles. The number of carbonyl (C=O) groups excluding carboxylic acids is 1. The van der Waals surface area contributed by atoms with Crippen molar-refractivity contribution < 1.29 is 9.53 Å². The Morgan fingerprint density at radius 3 is 3.00 bits per heavy atom. The van der Waals surface area contributed by atoms with E-state index in [2.05, 4.69) is 4.98 Å². The number of methoxy groups -OCH3 is 1. The molecule has 3 heteroatoms. The van der Waals surface area contributed by atoms with Crippen molar-refractivity contribution in [1.29, 1.82) is 0 Å². The highest BCUT2D eigenvalue weighted by Gasteiger charge is 2.05. The number of hydrogen-bond donors (Lipinski definition) is 0. The number of carbonyl (C=O) groups is 1. The van der Waals surface area contributed by atoms with Gasteiger partial charge in [-0.15, -0.1) is 0 Å². The van der Waals surface area contributed by atoms with Crippen molar-refractivity contribution in [2.75, 3.05) is 13.7 Å². The molecule has 1 aromatic rings. The van der Waals surface area contributed by atoms with Gasteiger partial charge in [0.15, 0.2) is 5.78 Å². The number of hydrogen-bond acceptors (Lipinski definition) is 3. The Kier molecular flexibility index (Phi) is 4.26. The highest BCUT2D eigenvalue weighted by Crippen LogP contribution is 2.06. The Hall–Kier alpha value is -1.22. The van der Waals surface area contributed by atoms with Crippen LogP contribution in [0.15, 0.2) is 18.3 Å². The average Bonchev–Trinajstić information content (AvgIpc) is 2.18. The second-order valence-electron chi connectivity index (χ2n) is 3.21. The molecule has 0 fully saturated rings. The summed E-state index contributed by atoms with van der Waals surface area (Å²) in [4.78, 5) is 15.6. The smallest absolute Gasteiger partial charge is 0.163 e. The molecule has 0 bridgehead atoms. The molecule has 0 saturated carbocycles. The van der Waals surface area contributed by atoms with Gasteiger partial charge < -0.3 is 4.74 Å². The van der Waals surface area contributed by atoms with Crippen LogP contribution in [0.1, 0.15) is 28.9 Å². The molecule has 0 aliphatic heterocycles. The van der Waals surface area contributed by atoms with E-state index in [9.17, 15) is 4.79 Å². The number of aryl methyl sites for hydroxylation is 1. The molecule has 0 N–H and O–H groups in total. The number of Topliss-reactive ketones (excluding diaryl/α,β-unsaturated/α-hetero) is 1. The van der Waals surface area contributed by atoms with Crippen LogP contribution in [0.5, 0.6) is 0 Å². The monoisotopic (exact) mass is 193 g/mol. The number of aromatic nitrogens is 1. The molecular weight excluding hydrogens is 178 g/mol. The maximum absolute atomic E-state index is 11.6. The van der Waals surface area contributed by atoms with Crippen LogP contribution >= 0.6 is 0 Å². The quantitative estimate of drug-likeness (QED) is 0.530. The second kappa shape index (κ2) is 5.50. The van der Waals surface area contributed by atoms with E-state index >= 15 is 0 Å². The zero-order valence-corrected chi connectivity index (χ0v) is 8.62. The van der Waals surface area contributed by atoms with Crippen molar-refractivity contribution in [2.24, 2.45) is 0 Å². The van der Waals surface area contributed by atoms with E-state index in [1.54, 1.807) is 19.4 Å². The topological polar surface area (TPSA) is 39.2 Å². The van der Waals surface area contributed by atoms with Gasteiger partial charge in [-0.3, -0.25) is 9.78 Å². The van der Waals surface area contributed by atoms with Gasteiger partial charge in [-0.2, -0.15) is 0 Å². The van der Waals surface area contributed by atoms with Crippen LogP contribution in [-0.2, 0) is 4.74 Å². The fourth-order valence-corrected chi connectivity index (χ4v) is 1.24. The summed E-state index contributed by atoms with van der Waals surface area (Å²) in [6, 6.07) is 3.57. The minimum atomic E-state index is 0.160. The van der Waals surface area contributed by atoms with E-state index < -0.39 is 0 Å². The van der Waals surface area contributed by atoms with E-state index in [1.165, 1.54) is 0 Å². The summed E-state index contributed by atoms with van der Waals surface area (Å²) in [5, 5.41) is 0. The highest BCUT2D eigenvalue weighted by molar-refractivity contribution is 5.95. The molecule has 0 atom stereocenters. The Morgan fingerprint density at radius 1 is 1.57 bits per heavy atom. The SMILES string of the molecule is COCCCC(=O)c1ccnc(C)c1. The van der Waals surface area contributed by atoms with E-state index in [1.807, 2.05) is 13.0 Å². The third-order valence-electron chi connectivity index (χ3n) is 1.97. The van der Waals surface area contributed by atoms with Crippen molar-refractivity contribution in [2.45, 2.75) is 19.8 Å². The van der Waals surface area contributed by atoms with Gasteiger partial charge in [-0.1, -0.05) is 0 Å². The van der Waals surface area contributed by atoms with E-state index in [-0.39, 0.29) is 5.78 Å². The fourth-order valence-electron chi connectivity index (χ4n) is 1.24. The second-order valence-corrected chi connectivity index (χ2v) is 3.21. The van der Waals surface area contributed by atoms with Gasteiger partial charge in [0.1, 0.15) is 0 Å². The Morgan fingerprint density at radius 2 is 2.36 bits per heavy atom. The molecule has 1 heterocycles. The molecule has 1 aromatic heterocycles. The minimum Gasteiger partial charge on any atom is -0.385 e. The summed E-state index contributed by atoms with van der Waals surface area (Å²) < 4.78 is 4.89. The summed E-state index contributed by atoms with van der Waals surface area (Å²) >= 11 is 0. The number of ketones is 1. The lowest BCUT2D eigenvalue weighted by atomic mass is 10.1. The largest absolute Gasteiger partial charge is 0.385 e. The van der Waals surface area contributed by atoms with Gasteiger partial charge in [0.25, 0.3) is 0 Å². The van der Waals surface area contributed by atoms with E-state index in [0.717, 1.165) is 17.7 Å². The lowest BCUT2D eigenvalue weighted by Gasteiger charge is -2.01. The van der Waals surface area contributed by atoms with Crippen LogP contribution in [0.4, 0.5) is 0 Å². The molecule has 76 valence electrons. The highest BCUT2D eigenvalue weighted by atomic mass is 16.5. The molecule has 1 rings (SSSR count). The van der Waals surface area contributed by atoms with Crippen molar-refractivity contribution in [3.8, 4) is 0 Å². The molecule has 14 heavy (non-hydrogen) atoms. The number of rotatable bonds is 5. The number of nitrogens with zero attached hydrogens (tertiary/aromatic N) is 1.